The second-order valence-corrected chi connectivity index (χ2v) is 13.0. The molecule has 0 radical (unpaired) electrons. The van der Waals surface area contributed by atoms with E-state index in [1.807, 2.05) is 45.2 Å². The van der Waals surface area contributed by atoms with Gasteiger partial charge in [0.15, 0.2) is 0 Å². The van der Waals surface area contributed by atoms with E-state index in [9.17, 15) is 49.1 Å². The molecule has 9 nitrogen and oxygen atoms in total. The van der Waals surface area contributed by atoms with E-state index in [4.69, 9.17) is 14.0 Å². The van der Waals surface area contributed by atoms with Crippen LogP contribution in [0.25, 0.3) is 0 Å². The summed E-state index contributed by atoms with van der Waals surface area (Å²) in [5.74, 6) is -12.9. The van der Waals surface area contributed by atoms with Crippen molar-refractivity contribution in [2.75, 3.05) is 5.75 Å². The van der Waals surface area contributed by atoms with Crippen molar-refractivity contribution in [2.24, 2.45) is 23.7 Å². The Balaban J connectivity index is 1.67. The number of rotatable bonds is 6. The maximum absolute atomic E-state index is 13.7. The molecule has 1 saturated heterocycles. The molecule has 1 N–H and O–H groups in total. The van der Waals surface area contributed by atoms with Crippen LogP contribution < -0.4 is 0 Å². The molecule has 2 saturated carbocycles. The van der Waals surface area contributed by atoms with E-state index in [-0.39, 0.29) is 12.0 Å². The maximum atomic E-state index is 13.7. The fourth-order valence-electron chi connectivity index (χ4n) is 5.30. The molecule has 2 bridgehead atoms. The molecule has 1 aromatic rings. The highest BCUT2D eigenvalue weighted by Gasteiger charge is 2.77. The number of fused-ring (bicyclic) bond motifs is 1. The van der Waals surface area contributed by atoms with Crippen LogP contribution in [0.3, 0.4) is 0 Å². The van der Waals surface area contributed by atoms with Crippen LogP contribution in [-0.4, -0.2) is 66.8 Å². The molecular weight excluding hydrogens is 784 g/mol. The molecule has 0 amide bonds. The molecule has 18 heteroatoms. The van der Waals surface area contributed by atoms with Crippen molar-refractivity contribution in [2.45, 2.75) is 36.6 Å². The van der Waals surface area contributed by atoms with Gasteiger partial charge < -0.3 is 14.2 Å². The summed E-state index contributed by atoms with van der Waals surface area (Å²) < 4.78 is 129. The summed E-state index contributed by atoms with van der Waals surface area (Å²) >= 11 is 3.85. The lowest BCUT2D eigenvalue weighted by Gasteiger charge is -2.38. The summed E-state index contributed by atoms with van der Waals surface area (Å²) in [6.45, 7) is 0. The van der Waals surface area contributed by atoms with Crippen LogP contribution >= 0.6 is 45.2 Å². The summed E-state index contributed by atoms with van der Waals surface area (Å²) in [5.41, 5.74) is -5.57. The van der Waals surface area contributed by atoms with Crippen LogP contribution in [0.1, 0.15) is 16.8 Å². The van der Waals surface area contributed by atoms with Gasteiger partial charge in [0.05, 0.1) is 17.4 Å². The SMILES string of the molecule is O=C(OC1C2CC3C1OC(=O)C3C2C(=O)OC(CS(=O)(=O)O)(C(F)(F)F)C(F)(F)F)c1cc(I)cc(I)c1. The Morgan fingerprint density at radius 1 is 1.03 bits per heavy atom. The van der Waals surface area contributed by atoms with Crippen molar-refractivity contribution in [3.8, 4) is 0 Å². The zero-order chi connectivity index (χ0) is 28.6. The number of benzene rings is 1. The zero-order valence-corrected chi connectivity index (χ0v) is 23.4. The number of hydrogen-bond donors (Lipinski definition) is 1. The number of hydrogen-bond acceptors (Lipinski definition) is 8. The zero-order valence-electron chi connectivity index (χ0n) is 18.3. The lowest BCUT2D eigenvalue weighted by Crippen LogP contribution is -2.64. The highest BCUT2D eigenvalue weighted by Crippen LogP contribution is 2.60. The molecule has 4 rings (SSSR count). The van der Waals surface area contributed by atoms with Gasteiger partial charge in [0.1, 0.15) is 18.0 Å². The number of halogens is 8. The van der Waals surface area contributed by atoms with E-state index < -0.39 is 87.6 Å². The first-order valence-corrected chi connectivity index (χ1v) is 14.2. The van der Waals surface area contributed by atoms with Gasteiger partial charge in [-0.25, -0.2) is 4.79 Å². The highest BCUT2D eigenvalue weighted by atomic mass is 127. The van der Waals surface area contributed by atoms with E-state index in [1.165, 1.54) is 12.1 Å². The van der Waals surface area contributed by atoms with Gasteiger partial charge in [0.2, 0.25) is 0 Å². The number of carbonyl (C=O) groups is 3. The average molecular weight is 798 g/mol. The minimum atomic E-state index is -6.53. The smallest absolute Gasteiger partial charge is 0.438 e. The monoisotopic (exact) mass is 798 g/mol. The fourth-order valence-corrected chi connectivity index (χ4v) is 8.14. The van der Waals surface area contributed by atoms with Gasteiger partial charge in [-0.2, -0.15) is 34.8 Å². The molecule has 6 unspecified atom stereocenters. The van der Waals surface area contributed by atoms with Gasteiger partial charge in [-0.05, 0) is 69.8 Å². The predicted octanol–water partition coefficient (Wildman–Crippen LogP) is 3.52. The van der Waals surface area contributed by atoms with Crippen molar-refractivity contribution in [1.82, 2.24) is 0 Å². The lowest BCUT2D eigenvalue weighted by molar-refractivity contribution is -0.362. The van der Waals surface area contributed by atoms with Crippen LogP contribution in [0.4, 0.5) is 26.3 Å². The van der Waals surface area contributed by atoms with E-state index >= 15 is 0 Å². The van der Waals surface area contributed by atoms with Gasteiger partial charge in [-0.15, -0.1) is 0 Å². The van der Waals surface area contributed by atoms with E-state index in [2.05, 4.69) is 4.74 Å². The van der Waals surface area contributed by atoms with Gasteiger partial charge >= 0.3 is 35.9 Å². The molecule has 3 aliphatic rings. The minimum Gasteiger partial charge on any atom is -0.458 e. The van der Waals surface area contributed by atoms with Crippen molar-refractivity contribution < 1.29 is 67.9 Å². The molecule has 3 fully saturated rings. The largest absolute Gasteiger partial charge is 0.458 e. The van der Waals surface area contributed by atoms with E-state index in [1.54, 1.807) is 6.07 Å². The third kappa shape index (κ3) is 5.08. The Bertz CT molecular complexity index is 1260. The highest BCUT2D eigenvalue weighted by molar-refractivity contribution is 14.1. The van der Waals surface area contributed by atoms with Crippen molar-refractivity contribution in [3.63, 3.8) is 0 Å². The molecule has 38 heavy (non-hydrogen) atoms. The summed E-state index contributed by atoms with van der Waals surface area (Å²) in [6, 6.07) is 4.62. The van der Waals surface area contributed by atoms with Gasteiger partial charge in [-0.1, -0.05) is 0 Å². The maximum Gasteiger partial charge on any atom is 0.438 e. The number of alkyl halides is 6. The topological polar surface area (TPSA) is 133 Å². The summed E-state index contributed by atoms with van der Waals surface area (Å²) in [4.78, 5) is 38.1. The normalized spacial score (nSPS) is 28.8. The molecule has 2 aliphatic carbocycles. The lowest BCUT2D eigenvalue weighted by atomic mass is 9.78. The Hall–Kier alpha value is -1.42. The molecular formula is C20H14F6I2O9S. The molecule has 210 valence electrons. The third-order valence-electron chi connectivity index (χ3n) is 6.74. The van der Waals surface area contributed by atoms with Gasteiger partial charge in [0, 0.05) is 19.0 Å². The number of carbonyl (C=O) groups excluding carboxylic acids is 3. The summed E-state index contributed by atoms with van der Waals surface area (Å²) in [5, 5.41) is 0. The van der Waals surface area contributed by atoms with E-state index in [0.29, 0.717) is 7.14 Å². The summed E-state index contributed by atoms with van der Waals surface area (Å²) in [7, 11) is -5.99. The average Bonchev–Trinajstić information content (AvgIpc) is 3.33. The van der Waals surface area contributed by atoms with Crippen LogP contribution in [-0.2, 0) is 33.9 Å². The van der Waals surface area contributed by atoms with Gasteiger partial charge in [-0.3, -0.25) is 14.1 Å². The Kier molecular flexibility index (Phi) is 7.47. The van der Waals surface area contributed by atoms with Crippen molar-refractivity contribution in [3.05, 3.63) is 30.9 Å². The first-order valence-electron chi connectivity index (χ1n) is 10.4. The second kappa shape index (κ2) is 9.60. The molecule has 1 aromatic carbocycles. The summed E-state index contributed by atoms with van der Waals surface area (Å²) in [6.07, 6.45) is -15.6. The Morgan fingerprint density at radius 3 is 2.08 bits per heavy atom. The third-order valence-corrected chi connectivity index (χ3v) is 8.75. The Morgan fingerprint density at radius 2 is 1.58 bits per heavy atom. The van der Waals surface area contributed by atoms with Crippen LogP contribution in [0.15, 0.2) is 18.2 Å². The molecule has 1 aliphatic heterocycles. The molecule has 1 heterocycles. The quantitative estimate of drug-likeness (QED) is 0.151. The van der Waals surface area contributed by atoms with Crippen LogP contribution in [0.5, 0.6) is 0 Å². The standard InChI is InChI=1S/C20H14F6I2O9S/c21-19(22,23)18(20(24,25)26,5-38(32,33)34)37-17(31)12-10-4-9-11(12)16(30)36-14(9)13(10)35-15(29)6-1-7(27)3-8(28)2-6/h1-3,9-14H,4-5H2,(H,32,33,34). The van der Waals surface area contributed by atoms with Crippen LogP contribution in [0, 0.1) is 30.8 Å². The number of esters is 3. The fraction of sp³-hybridized carbons (Fsp3) is 0.550. The first-order chi connectivity index (χ1) is 17.3. The molecule has 6 atom stereocenters. The van der Waals surface area contributed by atoms with Crippen molar-refractivity contribution in [1.29, 1.82) is 0 Å². The first kappa shape index (κ1) is 29.6. The number of ether oxygens (including phenoxy) is 3. The molecule has 0 spiro atoms. The van der Waals surface area contributed by atoms with E-state index in [0.717, 1.165) is 0 Å². The Labute approximate surface area is 236 Å². The second-order valence-electron chi connectivity index (χ2n) is 9.01. The minimum absolute atomic E-state index is 0.0605. The molecule has 0 aromatic heterocycles. The van der Waals surface area contributed by atoms with Gasteiger partial charge in [0.25, 0.3) is 10.1 Å². The predicted molar refractivity (Wildman–Crippen MR) is 127 cm³/mol. The van der Waals surface area contributed by atoms with Crippen LogP contribution in [0.2, 0.25) is 0 Å². The van der Waals surface area contributed by atoms with Crippen molar-refractivity contribution >= 4 is 73.2 Å².